The van der Waals surface area contributed by atoms with Crippen LogP contribution in [-0.4, -0.2) is 94.1 Å². The third-order valence-corrected chi connectivity index (χ3v) is 9.53. The summed E-state index contributed by atoms with van der Waals surface area (Å²) in [7, 11) is 0. The Kier molecular flexibility index (Phi) is 12.0. The average molecular weight is 521 g/mol. The Bertz CT molecular complexity index is 565. The van der Waals surface area contributed by atoms with Crippen molar-refractivity contribution >= 4 is 0 Å². The molecule has 0 aromatic heterocycles. The molecule has 0 amide bonds. The third kappa shape index (κ3) is 11.5. The van der Waals surface area contributed by atoms with Crippen LogP contribution in [0.15, 0.2) is 0 Å². The van der Waals surface area contributed by atoms with Crippen molar-refractivity contribution in [1.82, 2.24) is 19.6 Å². The van der Waals surface area contributed by atoms with Crippen LogP contribution >= 0.6 is 0 Å². The lowest BCUT2D eigenvalue weighted by Crippen LogP contribution is -2.57. The van der Waals surface area contributed by atoms with Gasteiger partial charge in [0, 0.05) is 48.3 Å². The van der Waals surface area contributed by atoms with Crippen LogP contribution in [0.3, 0.4) is 0 Å². The fourth-order valence-electron chi connectivity index (χ4n) is 6.53. The normalized spacial score (nSPS) is 23.7. The van der Waals surface area contributed by atoms with Crippen molar-refractivity contribution in [2.75, 3.05) is 52.4 Å². The van der Waals surface area contributed by atoms with Crippen molar-refractivity contribution < 1.29 is 0 Å². The standard InChI is InChI=1S/C21H42N2.C12H26N2/c1-20(2,3)22-14-10-18(11-15-22)8-7-9-19-12-16-23(17-13-19)21(4,5)6;1-11(2,3)13-7-9-14(10-8-13)12(4,5)6/h18-19H,7-17H2,1-6H3;7-10H2,1-6H3. The molecule has 0 aromatic rings. The van der Waals surface area contributed by atoms with Crippen LogP contribution in [0.5, 0.6) is 0 Å². The Morgan fingerprint density at radius 1 is 0.378 bits per heavy atom. The third-order valence-electron chi connectivity index (χ3n) is 9.53. The van der Waals surface area contributed by atoms with Crippen molar-refractivity contribution in [3.8, 4) is 0 Å². The Balaban J connectivity index is 0.000000294. The van der Waals surface area contributed by atoms with Gasteiger partial charge in [0.05, 0.1) is 0 Å². The predicted octanol–water partition coefficient (Wildman–Crippen LogP) is 7.38. The Morgan fingerprint density at radius 3 is 0.811 bits per heavy atom. The highest BCUT2D eigenvalue weighted by Crippen LogP contribution is 2.30. The van der Waals surface area contributed by atoms with Crippen LogP contribution < -0.4 is 0 Å². The summed E-state index contributed by atoms with van der Waals surface area (Å²) in [6, 6.07) is 0. The molecule has 0 atom stereocenters. The fraction of sp³-hybridized carbons (Fsp3) is 1.00. The second kappa shape index (κ2) is 13.5. The second-order valence-corrected chi connectivity index (χ2v) is 16.4. The Morgan fingerprint density at radius 2 is 0.595 bits per heavy atom. The number of rotatable bonds is 4. The molecule has 0 N–H and O–H groups in total. The van der Waals surface area contributed by atoms with Gasteiger partial charge in [-0.2, -0.15) is 0 Å². The number of nitrogens with zero attached hydrogens (tertiary/aromatic N) is 4. The van der Waals surface area contributed by atoms with Gasteiger partial charge >= 0.3 is 0 Å². The zero-order valence-electron chi connectivity index (χ0n) is 27.6. The molecule has 0 spiro atoms. The van der Waals surface area contributed by atoms with Crippen LogP contribution in [-0.2, 0) is 0 Å². The lowest BCUT2D eigenvalue weighted by atomic mass is 9.85. The zero-order valence-corrected chi connectivity index (χ0v) is 27.6. The van der Waals surface area contributed by atoms with E-state index in [1.54, 1.807) is 0 Å². The molecule has 0 aromatic carbocycles. The average Bonchev–Trinajstić information content (AvgIpc) is 2.78. The molecule has 0 bridgehead atoms. The van der Waals surface area contributed by atoms with Crippen molar-refractivity contribution in [2.24, 2.45) is 11.8 Å². The van der Waals surface area contributed by atoms with Crippen molar-refractivity contribution in [1.29, 1.82) is 0 Å². The zero-order chi connectivity index (χ0) is 28.1. The van der Waals surface area contributed by atoms with Crippen molar-refractivity contribution in [3.05, 3.63) is 0 Å². The quantitative estimate of drug-likeness (QED) is 0.383. The largest absolute Gasteiger partial charge is 0.298 e. The van der Waals surface area contributed by atoms with E-state index in [-0.39, 0.29) is 0 Å². The van der Waals surface area contributed by atoms with Crippen molar-refractivity contribution in [3.63, 3.8) is 0 Å². The molecule has 0 radical (unpaired) electrons. The second-order valence-electron chi connectivity index (χ2n) is 16.4. The van der Waals surface area contributed by atoms with Gasteiger partial charge in [-0.05, 0) is 147 Å². The van der Waals surface area contributed by atoms with Crippen LogP contribution in [0.4, 0.5) is 0 Å². The molecule has 3 aliphatic rings. The van der Waals surface area contributed by atoms with E-state index in [2.05, 4.69) is 103 Å². The molecule has 37 heavy (non-hydrogen) atoms. The van der Waals surface area contributed by atoms with Gasteiger partial charge in [0.15, 0.2) is 0 Å². The van der Waals surface area contributed by atoms with E-state index in [1.165, 1.54) is 97.3 Å². The fourth-order valence-corrected chi connectivity index (χ4v) is 6.53. The molecule has 0 saturated carbocycles. The van der Waals surface area contributed by atoms with E-state index in [0.717, 1.165) is 11.8 Å². The van der Waals surface area contributed by atoms with E-state index in [4.69, 9.17) is 0 Å². The lowest BCUT2D eigenvalue weighted by molar-refractivity contribution is 0.0211. The molecular weight excluding hydrogens is 452 g/mol. The monoisotopic (exact) mass is 521 g/mol. The van der Waals surface area contributed by atoms with Gasteiger partial charge in [-0.1, -0.05) is 19.3 Å². The smallest absolute Gasteiger partial charge is 0.0126 e. The first-order valence-corrected chi connectivity index (χ1v) is 15.9. The number of piperazine rings is 1. The summed E-state index contributed by atoms with van der Waals surface area (Å²) in [5.74, 6) is 2.01. The van der Waals surface area contributed by atoms with E-state index >= 15 is 0 Å². The minimum Gasteiger partial charge on any atom is -0.298 e. The molecule has 0 aliphatic carbocycles. The Hall–Kier alpha value is -0.160. The van der Waals surface area contributed by atoms with E-state index in [1.807, 2.05) is 0 Å². The number of likely N-dealkylation sites (tertiary alicyclic amines) is 2. The molecular formula is C33H68N4. The van der Waals surface area contributed by atoms with Gasteiger partial charge in [-0.3, -0.25) is 19.6 Å². The van der Waals surface area contributed by atoms with E-state index < -0.39 is 0 Å². The minimum atomic E-state index is 0.337. The molecule has 3 fully saturated rings. The SMILES string of the molecule is CC(C)(C)N1CCC(CCCC2CCN(C(C)(C)C)CC2)CC1.CC(C)(C)N1CCN(C(C)(C)C)CC1. The molecule has 3 heterocycles. The van der Waals surface area contributed by atoms with Gasteiger partial charge in [0.25, 0.3) is 0 Å². The first kappa shape index (κ1) is 33.0. The summed E-state index contributed by atoms with van der Waals surface area (Å²) in [6.07, 6.45) is 10.2. The minimum absolute atomic E-state index is 0.337. The summed E-state index contributed by atoms with van der Waals surface area (Å²) in [5.41, 5.74) is 1.41. The molecule has 3 aliphatic heterocycles. The van der Waals surface area contributed by atoms with Crippen LogP contribution in [0.25, 0.3) is 0 Å². The van der Waals surface area contributed by atoms with Gasteiger partial charge in [0.1, 0.15) is 0 Å². The highest BCUT2D eigenvalue weighted by atomic mass is 15.3. The predicted molar refractivity (Wildman–Crippen MR) is 165 cm³/mol. The van der Waals surface area contributed by atoms with E-state index in [9.17, 15) is 0 Å². The van der Waals surface area contributed by atoms with Crippen LogP contribution in [0.1, 0.15) is 128 Å². The van der Waals surface area contributed by atoms with Crippen LogP contribution in [0, 0.1) is 11.8 Å². The van der Waals surface area contributed by atoms with Gasteiger partial charge in [-0.15, -0.1) is 0 Å². The summed E-state index contributed by atoms with van der Waals surface area (Å²) in [5, 5.41) is 0. The van der Waals surface area contributed by atoms with Crippen LogP contribution in [0.2, 0.25) is 0 Å². The van der Waals surface area contributed by atoms with Gasteiger partial charge < -0.3 is 0 Å². The maximum absolute atomic E-state index is 2.67. The number of piperidine rings is 2. The number of hydrogen-bond donors (Lipinski definition) is 0. The Labute approximate surface area is 233 Å². The van der Waals surface area contributed by atoms with Gasteiger partial charge in [-0.25, -0.2) is 0 Å². The molecule has 0 unspecified atom stereocenters. The molecule has 3 rings (SSSR count). The molecule has 220 valence electrons. The molecule has 4 nitrogen and oxygen atoms in total. The molecule has 3 saturated heterocycles. The first-order chi connectivity index (χ1) is 16.9. The molecule has 4 heteroatoms. The summed E-state index contributed by atoms with van der Waals surface area (Å²) in [4.78, 5) is 10.5. The highest BCUT2D eigenvalue weighted by Gasteiger charge is 2.31. The van der Waals surface area contributed by atoms with Crippen molar-refractivity contribution in [2.45, 2.75) is 150 Å². The topological polar surface area (TPSA) is 13.0 Å². The lowest BCUT2D eigenvalue weighted by Gasteiger charge is -2.46. The van der Waals surface area contributed by atoms with E-state index in [0.29, 0.717) is 22.2 Å². The first-order valence-electron chi connectivity index (χ1n) is 15.9. The summed E-state index contributed by atoms with van der Waals surface area (Å²) < 4.78 is 0. The summed E-state index contributed by atoms with van der Waals surface area (Å²) >= 11 is 0. The summed E-state index contributed by atoms with van der Waals surface area (Å²) in [6.45, 7) is 38.1. The highest BCUT2D eigenvalue weighted by molar-refractivity contribution is 4.87. The maximum Gasteiger partial charge on any atom is 0.0126 e. The van der Waals surface area contributed by atoms with Gasteiger partial charge in [0.2, 0.25) is 0 Å². The number of hydrogen-bond acceptors (Lipinski definition) is 4. The maximum atomic E-state index is 2.67.